The molecule has 1 atom stereocenters. The van der Waals surface area contributed by atoms with Gasteiger partial charge in [0.1, 0.15) is 5.75 Å². The molecule has 2 amide bonds. The molecule has 3 N–H and O–H groups in total. The first kappa shape index (κ1) is 28.9. The van der Waals surface area contributed by atoms with E-state index < -0.39 is 6.04 Å². The quantitative estimate of drug-likeness (QED) is 0.216. The standard InChI is InChI=1S/C28H33Cl2N5O4/c29-22-11-8-20(17-23(22)30)12-16-38-21-9-6-19(7-10-21)18-25-33-27(34-39-25)26(36)24(5-1-2-13-31)32-28(37)35-14-3-4-15-35/h6-11,17,24H,1-5,12-16,18,31H2,(H,32,37)/t24-/m0/s1. The van der Waals surface area contributed by atoms with Gasteiger partial charge in [-0.15, -0.1) is 0 Å². The first-order chi connectivity index (χ1) is 18.9. The lowest BCUT2D eigenvalue weighted by molar-refractivity contribution is 0.0921. The third kappa shape index (κ3) is 8.42. The lowest BCUT2D eigenvalue weighted by atomic mass is 10.0. The number of ether oxygens (including phenoxy) is 1. The third-order valence-corrected chi connectivity index (χ3v) is 7.30. The molecule has 2 aromatic carbocycles. The fraction of sp³-hybridized carbons (Fsp3) is 0.429. The third-order valence-electron chi connectivity index (χ3n) is 6.57. The average Bonchev–Trinajstić information content (AvgIpc) is 3.64. The number of aromatic nitrogens is 2. The summed E-state index contributed by atoms with van der Waals surface area (Å²) in [6.07, 6.45) is 4.94. The van der Waals surface area contributed by atoms with E-state index in [1.165, 1.54) is 0 Å². The molecule has 39 heavy (non-hydrogen) atoms. The zero-order valence-corrected chi connectivity index (χ0v) is 23.2. The topological polar surface area (TPSA) is 124 Å². The Morgan fingerprint density at radius 1 is 1.05 bits per heavy atom. The van der Waals surface area contributed by atoms with Crippen LogP contribution in [-0.2, 0) is 12.8 Å². The summed E-state index contributed by atoms with van der Waals surface area (Å²) in [6, 6.07) is 12.1. The Balaban J connectivity index is 1.30. The van der Waals surface area contributed by atoms with Gasteiger partial charge in [0.15, 0.2) is 0 Å². The van der Waals surface area contributed by atoms with Crippen LogP contribution in [0.1, 0.15) is 59.7 Å². The SMILES string of the molecule is NCCCC[C@H](NC(=O)N1CCCC1)C(=O)c1noc(Cc2ccc(OCCc3ccc(Cl)c(Cl)c3)cc2)n1. The minimum atomic E-state index is -0.726. The minimum absolute atomic E-state index is 0.0354. The highest BCUT2D eigenvalue weighted by atomic mass is 35.5. The smallest absolute Gasteiger partial charge is 0.317 e. The van der Waals surface area contributed by atoms with Gasteiger partial charge in [-0.2, -0.15) is 4.98 Å². The van der Waals surface area contributed by atoms with Crippen LogP contribution in [0.2, 0.25) is 10.0 Å². The Bertz CT molecular complexity index is 1250. The molecule has 1 aliphatic rings. The first-order valence-corrected chi connectivity index (χ1v) is 14.0. The van der Waals surface area contributed by atoms with Crippen molar-refractivity contribution < 1.29 is 18.8 Å². The van der Waals surface area contributed by atoms with Gasteiger partial charge < -0.3 is 25.2 Å². The van der Waals surface area contributed by atoms with Crippen molar-refractivity contribution in [2.24, 2.45) is 5.73 Å². The second kappa shape index (κ2) is 14.3. The molecule has 4 rings (SSSR count). The number of halogens is 2. The van der Waals surface area contributed by atoms with E-state index in [-0.39, 0.29) is 17.6 Å². The van der Waals surface area contributed by atoms with Crippen LogP contribution < -0.4 is 15.8 Å². The number of nitrogens with two attached hydrogens (primary N) is 1. The second-order valence-electron chi connectivity index (χ2n) is 9.52. The molecule has 0 radical (unpaired) electrons. The van der Waals surface area contributed by atoms with Crippen LogP contribution >= 0.6 is 23.2 Å². The molecule has 0 bridgehead atoms. The highest BCUT2D eigenvalue weighted by Gasteiger charge is 2.28. The first-order valence-electron chi connectivity index (χ1n) is 13.2. The second-order valence-corrected chi connectivity index (χ2v) is 10.3. The van der Waals surface area contributed by atoms with Crippen LogP contribution in [0.4, 0.5) is 4.79 Å². The highest BCUT2D eigenvalue weighted by molar-refractivity contribution is 6.42. The van der Waals surface area contributed by atoms with Gasteiger partial charge in [-0.1, -0.05) is 46.6 Å². The number of unbranched alkanes of at least 4 members (excludes halogenated alkanes) is 1. The number of amides is 2. The molecule has 1 aliphatic heterocycles. The van der Waals surface area contributed by atoms with Crippen LogP contribution in [0.5, 0.6) is 5.75 Å². The predicted octanol–water partition coefficient (Wildman–Crippen LogP) is 5.07. The Hall–Kier alpha value is -3.14. The number of hydrogen-bond acceptors (Lipinski definition) is 7. The van der Waals surface area contributed by atoms with E-state index in [1.807, 2.05) is 36.4 Å². The lowest BCUT2D eigenvalue weighted by Gasteiger charge is -2.21. The zero-order valence-electron chi connectivity index (χ0n) is 21.7. The fourth-order valence-corrected chi connectivity index (χ4v) is 4.69. The maximum atomic E-state index is 13.2. The summed E-state index contributed by atoms with van der Waals surface area (Å²) in [5, 5.41) is 7.81. The van der Waals surface area contributed by atoms with Crippen LogP contribution in [0.15, 0.2) is 47.0 Å². The molecule has 0 saturated carbocycles. The van der Waals surface area contributed by atoms with E-state index in [1.54, 1.807) is 11.0 Å². The van der Waals surface area contributed by atoms with Crippen LogP contribution in [0, 0.1) is 0 Å². The molecule has 3 aromatic rings. The van der Waals surface area contributed by atoms with Crippen molar-refractivity contribution >= 4 is 35.0 Å². The van der Waals surface area contributed by atoms with Gasteiger partial charge in [-0.3, -0.25) is 4.79 Å². The lowest BCUT2D eigenvalue weighted by Crippen LogP contribution is -2.47. The average molecular weight is 575 g/mol. The number of ketones is 1. The number of rotatable bonds is 13. The van der Waals surface area contributed by atoms with Crippen LogP contribution in [0.3, 0.4) is 0 Å². The monoisotopic (exact) mass is 573 g/mol. The number of carbonyl (C=O) groups excluding carboxylic acids is 2. The van der Waals surface area contributed by atoms with Gasteiger partial charge in [-0.05, 0) is 74.0 Å². The van der Waals surface area contributed by atoms with Gasteiger partial charge >= 0.3 is 6.03 Å². The summed E-state index contributed by atoms with van der Waals surface area (Å²) in [6.45, 7) is 2.41. The van der Waals surface area contributed by atoms with Gasteiger partial charge in [0.2, 0.25) is 17.5 Å². The molecule has 0 aliphatic carbocycles. The van der Waals surface area contributed by atoms with Gasteiger partial charge in [0.25, 0.3) is 0 Å². The Labute approximate surface area is 238 Å². The molecule has 208 valence electrons. The summed E-state index contributed by atoms with van der Waals surface area (Å²) in [7, 11) is 0. The van der Waals surface area contributed by atoms with E-state index in [2.05, 4.69) is 15.5 Å². The molecule has 9 nitrogen and oxygen atoms in total. The van der Waals surface area contributed by atoms with Crippen molar-refractivity contribution in [3.8, 4) is 5.75 Å². The minimum Gasteiger partial charge on any atom is -0.493 e. The predicted molar refractivity (Wildman–Crippen MR) is 150 cm³/mol. The van der Waals surface area contributed by atoms with Gasteiger partial charge in [-0.25, -0.2) is 4.79 Å². The summed E-state index contributed by atoms with van der Waals surface area (Å²) in [5.74, 6) is 0.652. The molecule has 11 heteroatoms. The molecule has 0 unspecified atom stereocenters. The van der Waals surface area contributed by atoms with Crippen molar-refractivity contribution in [1.82, 2.24) is 20.4 Å². The van der Waals surface area contributed by atoms with Crippen LogP contribution in [-0.4, -0.2) is 59.1 Å². The van der Waals surface area contributed by atoms with Gasteiger partial charge in [0, 0.05) is 19.5 Å². The number of urea groups is 1. The molecule has 0 spiro atoms. The number of carbonyl (C=O) groups is 2. The molecular weight excluding hydrogens is 541 g/mol. The van der Waals surface area contributed by atoms with Gasteiger partial charge in [0.05, 0.1) is 29.1 Å². The molecular formula is C28H33Cl2N5O4. The Morgan fingerprint density at radius 2 is 1.79 bits per heavy atom. The van der Waals surface area contributed by atoms with Crippen molar-refractivity contribution in [2.45, 2.75) is 51.0 Å². The fourth-order valence-electron chi connectivity index (χ4n) is 4.36. The van der Waals surface area contributed by atoms with Crippen molar-refractivity contribution in [1.29, 1.82) is 0 Å². The summed E-state index contributed by atoms with van der Waals surface area (Å²) < 4.78 is 11.2. The summed E-state index contributed by atoms with van der Waals surface area (Å²) in [4.78, 5) is 31.8. The summed E-state index contributed by atoms with van der Waals surface area (Å²) in [5.41, 5.74) is 7.58. The number of hydrogen-bond donors (Lipinski definition) is 2. The normalized spacial score (nSPS) is 13.9. The van der Waals surface area contributed by atoms with E-state index in [0.717, 1.165) is 36.1 Å². The number of nitrogens with one attached hydrogen (secondary N) is 1. The van der Waals surface area contributed by atoms with E-state index in [4.69, 9.17) is 38.2 Å². The molecule has 1 saturated heterocycles. The summed E-state index contributed by atoms with van der Waals surface area (Å²) >= 11 is 12.0. The molecule has 1 fully saturated rings. The highest BCUT2D eigenvalue weighted by Crippen LogP contribution is 2.23. The largest absolute Gasteiger partial charge is 0.493 e. The molecule has 2 heterocycles. The van der Waals surface area contributed by atoms with E-state index in [9.17, 15) is 9.59 Å². The Kier molecular flexibility index (Phi) is 10.6. The van der Waals surface area contributed by atoms with Crippen LogP contribution in [0.25, 0.3) is 0 Å². The van der Waals surface area contributed by atoms with Crippen molar-refractivity contribution in [2.75, 3.05) is 26.2 Å². The van der Waals surface area contributed by atoms with E-state index >= 15 is 0 Å². The molecule has 1 aromatic heterocycles. The number of nitrogens with zero attached hydrogens (tertiary/aromatic N) is 3. The van der Waals surface area contributed by atoms with Crippen molar-refractivity contribution in [3.63, 3.8) is 0 Å². The number of Topliss-reactive ketones (excluding diaryl/α,β-unsaturated/α-hetero) is 1. The van der Waals surface area contributed by atoms with Crippen molar-refractivity contribution in [3.05, 3.63) is 75.4 Å². The number of benzene rings is 2. The maximum Gasteiger partial charge on any atom is 0.317 e. The maximum absolute atomic E-state index is 13.2. The van der Waals surface area contributed by atoms with E-state index in [0.29, 0.717) is 67.9 Å². The Morgan fingerprint density at radius 3 is 2.51 bits per heavy atom. The number of likely N-dealkylation sites (tertiary alicyclic amines) is 1. The zero-order chi connectivity index (χ0) is 27.6.